The van der Waals surface area contributed by atoms with Crippen LogP contribution >= 0.6 is 0 Å². The van der Waals surface area contributed by atoms with E-state index in [1.165, 1.54) is 12.1 Å². The average molecular weight is 433 g/mol. The number of aryl methyl sites for hydroxylation is 2. The van der Waals surface area contributed by atoms with Gasteiger partial charge < -0.3 is 14.6 Å². The van der Waals surface area contributed by atoms with Crippen molar-refractivity contribution in [2.45, 2.75) is 20.5 Å². The molecule has 10 heteroatoms. The molecule has 0 fully saturated rings. The van der Waals surface area contributed by atoms with Crippen LogP contribution in [0.15, 0.2) is 47.0 Å². The predicted molar refractivity (Wildman–Crippen MR) is 110 cm³/mol. The van der Waals surface area contributed by atoms with Crippen LogP contribution < -0.4 is 14.8 Å². The van der Waals surface area contributed by atoms with Crippen LogP contribution in [0, 0.1) is 19.7 Å². The van der Waals surface area contributed by atoms with Crippen LogP contribution in [0.4, 0.5) is 15.8 Å². The molecule has 0 aliphatic carbocycles. The maximum atomic E-state index is 13.8. The van der Waals surface area contributed by atoms with Crippen molar-refractivity contribution in [3.05, 3.63) is 70.9 Å². The number of carbonyl (C=O) groups excluding carboxylic acids is 1. The van der Waals surface area contributed by atoms with Crippen molar-refractivity contribution >= 4 is 27.3 Å². The van der Waals surface area contributed by atoms with Gasteiger partial charge in [-0.1, -0.05) is 11.2 Å². The van der Waals surface area contributed by atoms with Crippen molar-refractivity contribution in [1.82, 2.24) is 5.16 Å². The number of nitrogens with one attached hydrogen (secondary N) is 2. The van der Waals surface area contributed by atoms with Gasteiger partial charge in [0, 0.05) is 11.3 Å². The van der Waals surface area contributed by atoms with Gasteiger partial charge in [0.2, 0.25) is 10.0 Å². The predicted octanol–water partition coefficient (Wildman–Crippen LogP) is 3.63. The number of benzene rings is 2. The number of halogens is 1. The van der Waals surface area contributed by atoms with Crippen LogP contribution in [0.25, 0.3) is 0 Å². The Labute approximate surface area is 173 Å². The summed E-state index contributed by atoms with van der Waals surface area (Å²) in [5.41, 5.74) is 1.85. The highest BCUT2D eigenvalue weighted by atomic mass is 32.2. The lowest BCUT2D eigenvalue weighted by molar-refractivity contribution is 0.102. The maximum Gasteiger partial charge on any atom is 0.255 e. The highest BCUT2D eigenvalue weighted by Crippen LogP contribution is 2.22. The highest BCUT2D eigenvalue weighted by molar-refractivity contribution is 7.92. The Hall–Kier alpha value is -3.40. The molecule has 0 saturated heterocycles. The van der Waals surface area contributed by atoms with Gasteiger partial charge in [0.05, 0.1) is 23.2 Å². The van der Waals surface area contributed by atoms with E-state index in [4.69, 9.17) is 9.26 Å². The number of aromatic nitrogens is 1. The van der Waals surface area contributed by atoms with Crippen molar-refractivity contribution in [1.29, 1.82) is 0 Å². The molecule has 1 aromatic heterocycles. The Balaban J connectivity index is 1.72. The minimum absolute atomic E-state index is 0.231. The van der Waals surface area contributed by atoms with Gasteiger partial charge in [-0.15, -0.1) is 0 Å². The molecular weight excluding hydrogens is 413 g/mol. The van der Waals surface area contributed by atoms with Crippen LogP contribution in [0.1, 0.15) is 27.4 Å². The number of sulfonamides is 1. The van der Waals surface area contributed by atoms with E-state index in [2.05, 4.69) is 15.2 Å². The van der Waals surface area contributed by atoms with Gasteiger partial charge in [-0.05, 0) is 50.2 Å². The van der Waals surface area contributed by atoms with Crippen LogP contribution in [-0.4, -0.2) is 25.7 Å². The molecule has 1 heterocycles. The Morgan fingerprint density at radius 2 is 1.97 bits per heavy atom. The molecule has 0 saturated carbocycles. The van der Waals surface area contributed by atoms with E-state index in [0.29, 0.717) is 17.1 Å². The second-order valence-electron chi connectivity index (χ2n) is 6.64. The summed E-state index contributed by atoms with van der Waals surface area (Å²) in [6, 6.07) is 10.1. The topological polar surface area (TPSA) is 111 Å². The zero-order valence-corrected chi connectivity index (χ0v) is 17.3. The molecule has 0 bridgehead atoms. The molecule has 0 spiro atoms. The number of rotatable bonds is 7. The fourth-order valence-electron chi connectivity index (χ4n) is 2.67. The molecule has 0 aliphatic heterocycles. The summed E-state index contributed by atoms with van der Waals surface area (Å²) in [4.78, 5) is 12.6. The third-order valence-corrected chi connectivity index (χ3v) is 4.77. The van der Waals surface area contributed by atoms with Crippen LogP contribution in [0.5, 0.6) is 5.75 Å². The summed E-state index contributed by atoms with van der Waals surface area (Å²) in [5, 5.41) is 6.47. The Morgan fingerprint density at radius 1 is 1.20 bits per heavy atom. The largest absolute Gasteiger partial charge is 0.489 e. The highest BCUT2D eigenvalue weighted by Gasteiger charge is 2.13. The van der Waals surface area contributed by atoms with Gasteiger partial charge in [-0.2, -0.15) is 0 Å². The zero-order valence-electron chi connectivity index (χ0n) is 16.5. The lowest BCUT2D eigenvalue weighted by Gasteiger charge is -2.11. The van der Waals surface area contributed by atoms with E-state index < -0.39 is 21.7 Å². The summed E-state index contributed by atoms with van der Waals surface area (Å²) >= 11 is 0. The molecule has 30 heavy (non-hydrogen) atoms. The van der Waals surface area contributed by atoms with E-state index in [1.807, 2.05) is 6.92 Å². The van der Waals surface area contributed by atoms with Crippen molar-refractivity contribution in [3.63, 3.8) is 0 Å². The van der Waals surface area contributed by atoms with Crippen LogP contribution in [0.3, 0.4) is 0 Å². The van der Waals surface area contributed by atoms with Crippen LogP contribution in [-0.2, 0) is 16.6 Å². The summed E-state index contributed by atoms with van der Waals surface area (Å²) in [5.74, 6) is -0.0831. The molecule has 0 atom stereocenters. The van der Waals surface area contributed by atoms with Gasteiger partial charge in [0.25, 0.3) is 5.91 Å². The van der Waals surface area contributed by atoms with Gasteiger partial charge in [0.1, 0.15) is 23.9 Å². The summed E-state index contributed by atoms with van der Waals surface area (Å²) in [6.45, 7) is 3.84. The first kappa shape index (κ1) is 21.3. The normalized spacial score (nSPS) is 11.2. The quantitative estimate of drug-likeness (QED) is 0.589. The monoisotopic (exact) mass is 433 g/mol. The number of nitrogens with zero attached hydrogens (tertiary/aromatic N) is 1. The first-order valence-electron chi connectivity index (χ1n) is 8.85. The fourth-order valence-corrected chi connectivity index (χ4v) is 3.23. The van der Waals surface area contributed by atoms with Crippen molar-refractivity contribution < 1.29 is 26.9 Å². The summed E-state index contributed by atoms with van der Waals surface area (Å²) in [6.07, 6.45) is 0.909. The minimum atomic E-state index is -3.66. The lowest BCUT2D eigenvalue weighted by atomic mass is 10.2. The van der Waals surface area contributed by atoms with Gasteiger partial charge in [-0.25, -0.2) is 12.8 Å². The molecule has 3 aromatic rings. The van der Waals surface area contributed by atoms with Gasteiger partial charge >= 0.3 is 0 Å². The zero-order chi connectivity index (χ0) is 21.9. The van der Waals surface area contributed by atoms with Crippen molar-refractivity contribution in [3.8, 4) is 5.75 Å². The Morgan fingerprint density at radius 3 is 2.63 bits per heavy atom. The summed E-state index contributed by atoms with van der Waals surface area (Å²) in [7, 11) is -3.66. The molecule has 0 radical (unpaired) electrons. The molecule has 3 rings (SSSR count). The van der Waals surface area contributed by atoms with Crippen molar-refractivity contribution in [2.75, 3.05) is 16.3 Å². The third-order valence-electron chi connectivity index (χ3n) is 4.18. The first-order valence-corrected chi connectivity index (χ1v) is 10.7. The second kappa shape index (κ2) is 8.54. The Kier molecular flexibility index (Phi) is 6.06. The molecule has 0 unspecified atom stereocenters. The number of hydrogen-bond donors (Lipinski definition) is 2. The van der Waals surface area contributed by atoms with Crippen molar-refractivity contribution in [2.24, 2.45) is 0 Å². The molecule has 2 aromatic carbocycles. The number of carbonyl (C=O) groups is 1. The standard InChI is InChI=1S/C20H20FN3O5S/c1-12-17(13(2)29-23-12)11-28-16-6-4-5-14(9-16)20(25)22-15-7-8-18(21)19(10-15)24-30(3,26)27/h4-10,24H,11H2,1-3H3,(H,22,25). The molecule has 1 amide bonds. The number of amides is 1. The molecule has 0 aliphatic rings. The minimum Gasteiger partial charge on any atom is -0.489 e. The summed E-state index contributed by atoms with van der Waals surface area (Å²) < 4.78 is 49.4. The van der Waals surface area contributed by atoms with E-state index in [-0.39, 0.29) is 18.0 Å². The Bertz CT molecular complexity index is 1170. The number of anilines is 2. The molecule has 2 N–H and O–H groups in total. The maximum absolute atomic E-state index is 13.8. The average Bonchev–Trinajstić information content (AvgIpc) is 2.99. The fraction of sp³-hybridized carbons (Fsp3) is 0.200. The van der Waals surface area contributed by atoms with E-state index in [9.17, 15) is 17.6 Å². The van der Waals surface area contributed by atoms with Gasteiger partial charge in [0.15, 0.2) is 0 Å². The van der Waals surface area contributed by atoms with Gasteiger partial charge in [-0.3, -0.25) is 9.52 Å². The first-order chi connectivity index (χ1) is 14.1. The van der Waals surface area contributed by atoms with E-state index in [1.54, 1.807) is 31.2 Å². The molecular formula is C20H20FN3O5S. The molecule has 158 valence electrons. The second-order valence-corrected chi connectivity index (χ2v) is 8.39. The van der Waals surface area contributed by atoms with E-state index in [0.717, 1.165) is 23.6 Å². The number of hydrogen-bond acceptors (Lipinski definition) is 6. The lowest BCUT2D eigenvalue weighted by Crippen LogP contribution is -2.14. The SMILES string of the molecule is Cc1noc(C)c1COc1cccc(C(=O)Nc2ccc(F)c(NS(C)(=O)=O)c2)c1. The van der Waals surface area contributed by atoms with E-state index >= 15 is 0 Å². The molecule has 8 nitrogen and oxygen atoms in total. The number of ether oxygens (including phenoxy) is 1. The smallest absolute Gasteiger partial charge is 0.255 e. The van der Waals surface area contributed by atoms with Crippen LogP contribution in [0.2, 0.25) is 0 Å². The third kappa shape index (κ3) is 5.35.